The normalized spacial score (nSPS) is 25.7. The quantitative estimate of drug-likeness (QED) is 0.821. The van der Waals surface area contributed by atoms with E-state index in [4.69, 9.17) is 4.84 Å². The van der Waals surface area contributed by atoms with Crippen LogP contribution in [0.25, 0.3) is 0 Å². The van der Waals surface area contributed by atoms with Crippen LogP contribution in [0, 0.1) is 17.7 Å². The highest BCUT2D eigenvalue weighted by atomic mass is 19.1. The number of hydrogen-bond donors (Lipinski definition) is 0. The SMILES string of the molecule is Cn1nccc1CC1CCC(C(=O)N2OCC[C@H]2c2ccc(F)cc2)CC1. The van der Waals surface area contributed by atoms with E-state index in [0.29, 0.717) is 12.5 Å². The first kappa shape index (κ1) is 18.2. The number of amides is 1. The predicted molar refractivity (Wildman–Crippen MR) is 98.9 cm³/mol. The molecule has 27 heavy (non-hydrogen) atoms. The van der Waals surface area contributed by atoms with Gasteiger partial charge in [-0.1, -0.05) is 12.1 Å². The maximum absolute atomic E-state index is 13.2. The predicted octanol–water partition coefficient (Wildman–Crippen LogP) is 3.81. The van der Waals surface area contributed by atoms with E-state index < -0.39 is 0 Å². The topological polar surface area (TPSA) is 47.4 Å². The van der Waals surface area contributed by atoms with Gasteiger partial charge in [-0.2, -0.15) is 5.10 Å². The van der Waals surface area contributed by atoms with Gasteiger partial charge >= 0.3 is 0 Å². The Balaban J connectivity index is 1.36. The summed E-state index contributed by atoms with van der Waals surface area (Å²) in [5.41, 5.74) is 2.19. The largest absolute Gasteiger partial charge is 0.273 e. The minimum Gasteiger partial charge on any atom is -0.273 e. The molecule has 2 aliphatic rings. The fourth-order valence-corrected chi connectivity index (χ4v) is 4.36. The molecule has 0 spiro atoms. The Morgan fingerprint density at radius 1 is 1.15 bits per heavy atom. The van der Waals surface area contributed by atoms with Gasteiger partial charge in [0.15, 0.2) is 0 Å². The highest BCUT2D eigenvalue weighted by Gasteiger charge is 2.37. The van der Waals surface area contributed by atoms with Gasteiger partial charge < -0.3 is 0 Å². The number of nitrogens with zero attached hydrogens (tertiary/aromatic N) is 3. The molecule has 1 atom stereocenters. The summed E-state index contributed by atoms with van der Waals surface area (Å²) in [5, 5.41) is 5.79. The van der Waals surface area contributed by atoms with Crippen molar-refractivity contribution in [2.45, 2.75) is 44.6 Å². The van der Waals surface area contributed by atoms with E-state index in [-0.39, 0.29) is 23.7 Å². The summed E-state index contributed by atoms with van der Waals surface area (Å²) in [6.45, 7) is 0.531. The fraction of sp³-hybridized carbons (Fsp3) is 0.524. The Morgan fingerprint density at radius 3 is 2.56 bits per heavy atom. The van der Waals surface area contributed by atoms with Gasteiger partial charge in [0, 0.05) is 31.3 Å². The first-order valence-electron chi connectivity index (χ1n) is 9.80. The molecular formula is C21H26FN3O2. The van der Waals surface area contributed by atoms with Crippen molar-refractivity contribution in [2.75, 3.05) is 6.61 Å². The number of carbonyl (C=O) groups excluding carboxylic acids is 1. The number of rotatable bonds is 4. The van der Waals surface area contributed by atoms with Crippen molar-refractivity contribution < 1.29 is 14.0 Å². The zero-order valence-electron chi connectivity index (χ0n) is 15.7. The Labute approximate surface area is 159 Å². The Kier molecular flexibility index (Phi) is 5.25. The molecule has 0 radical (unpaired) electrons. The van der Waals surface area contributed by atoms with Gasteiger partial charge in [-0.05, 0) is 61.8 Å². The van der Waals surface area contributed by atoms with E-state index in [1.165, 1.54) is 17.8 Å². The standard InChI is InChI=1S/C21H26FN3O2/c1-24-19(10-12-23-24)14-15-2-4-17(5-3-15)21(26)25-20(11-13-27-25)16-6-8-18(22)9-7-16/h6-10,12,15,17,20H,2-5,11,13-14H2,1H3/t15?,17?,20-/m0/s1. The molecule has 1 amide bonds. The van der Waals surface area contributed by atoms with E-state index in [0.717, 1.165) is 44.1 Å². The summed E-state index contributed by atoms with van der Waals surface area (Å²) in [7, 11) is 1.98. The third-order valence-corrected chi connectivity index (χ3v) is 5.99. The number of aromatic nitrogens is 2. The van der Waals surface area contributed by atoms with Crippen molar-refractivity contribution in [2.24, 2.45) is 18.9 Å². The zero-order valence-corrected chi connectivity index (χ0v) is 15.7. The minimum atomic E-state index is -0.262. The van der Waals surface area contributed by atoms with Crippen molar-refractivity contribution in [1.29, 1.82) is 0 Å². The summed E-state index contributed by atoms with van der Waals surface area (Å²) >= 11 is 0. The smallest absolute Gasteiger partial charge is 0.249 e. The molecule has 1 saturated heterocycles. The van der Waals surface area contributed by atoms with Crippen LogP contribution in [-0.4, -0.2) is 27.4 Å². The van der Waals surface area contributed by atoms with Gasteiger partial charge in [0.1, 0.15) is 5.82 Å². The van der Waals surface area contributed by atoms with Gasteiger partial charge in [-0.15, -0.1) is 0 Å². The van der Waals surface area contributed by atoms with Crippen LogP contribution in [-0.2, 0) is 23.1 Å². The van der Waals surface area contributed by atoms with Crippen LogP contribution in [0.2, 0.25) is 0 Å². The van der Waals surface area contributed by atoms with Crippen LogP contribution in [0.15, 0.2) is 36.5 Å². The van der Waals surface area contributed by atoms with Crippen molar-refractivity contribution in [3.8, 4) is 0 Å². The second kappa shape index (κ2) is 7.80. The minimum absolute atomic E-state index is 0.0221. The third kappa shape index (κ3) is 3.90. The lowest BCUT2D eigenvalue weighted by molar-refractivity contribution is -0.183. The summed E-state index contributed by atoms with van der Waals surface area (Å²) < 4.78 is 15.1. The highest BCUT2D eigenvalue weighted by Crippen LogP contribution is 2.37. The zero-order chi connectivity index (χ0) is 18.8. The number of benzene rings is 1. The molecule has 1 aliphatic heterocycles. The molecule has 0 unspecified atom stereocenters. The molecule has 2 heterocycles. The van der Waals surface area contributed by atoms with Crippen LogP contribution in [0.3, 0.4) is 0 Å². The number of hydroxylamine groups is 2. The van der Waals surface area contributed by atoms with E-state index >= 15 is 0 Å². The number of carbonyl (C=O) groups is 1. The average molecular weight is 371 g/mol. The van der Waals surface area contributed by atoms with E-state index in [1.54, 1.807) is 17.2 Å². The lowest BCUT2D eigenvalue weighted by Gasteiger charge is -2.32. The van der Waals surface area contributed by atoms with Crippen molar-refractivity contribution >= 4 is 5.91 Å². The maximum Gasteiger partial charge on any atom is 0.249 e. The maximum atomic E-state index is 13.2. The number of hydrogen-bond acceptors (Lipinski definition) is 3. The van der Waals surface area contributed by atoms with Crippen molar-refractivity contribution in [1.82, 2.24) is 14.8 Å². The van der Waals surface area contributed by atoms with Crippen LogP contribution in [0.4, 0.5) is 4.39 Å². The third-order valence-electron chi connectivity index (χ3n) is 5.99. The molecule has 2 fully saturated rings. The lowest BCUT2D eigenvalue weighted by Crippen LogP contribution is -2.36. The van der Waals surface area contributed by atoms with Crippen LogP contribution < -0.4 is 0 Å². The molecule has 2 aromatic rings. The fourth-order valence-electron chi connectivity index (χ4n) is 4.36. The van der Waals surface area contributed by atoms with Gasteiger partial charge in [0.05, 0.1) is 12.6 Å². The second-order valence-electron chi connectivity index (χ2n) is 7.72. The van der Waals surface area contributed by atoms with Crippen molar-refractivity contribution in [3.63, 3.8) is 0 Å². The molecule has 1 saturated carbocycles. The molecule has 5 nitrogen and oxygen atoms in total. The van der Waals surface area contributed by atoms with Crippen LogP contribution >= 0.6 is 0 Å². The molecule has 0 N–H and O–H groups in total. The Hall–Kier alpha value is -2.21. The molecule has 0 bridgehead atoms. The molecule has 1 aromatic heterocycles. The van der Waals surface area contributed by atoms with Gasteiger partial charge in [0.2, 0.25) is 5.91 Å². The number of halogens is 1. The van der Waals surface area contributed by atoms with Crippen molar-refractivity contribution in [3.05, 3.63) is 53.6 Å². The lowest BCUT2D eigenvalue weighted by atomic mass is 9.79. The van der Waals surface area contributed by atoms with E-state index in [1.807, 2.05) is 17.9 Å². The molecule has 1 aliphatic carbocycles. The molecule has 6 heteroatoms. The van der Waals surface area contributed by atoms with Gasteiger partial charge in [0.25, 0.3) is 0 Å². The van der Waals surface area contributed by atoms with Crippen LogP contribution in [0.5, 0.6) is 0 Å². The molecule has 1 aromatic carbocycles. The van der Waals surface area contributed by atoms with Gasteiger partial charge in [-0.25, -0.2) is 9.45 Å². The van der Waals surface area contributed by atoms with E-state index in [9.17, 15) is 9.18 Å². The summed E-state index contributed by atoms with van der Waals surface area (Å²) in [6.07, 6.45) is 7.52. The summed E-state index contributed by atoms with van der Waals surface area (Å²) in [5.74, 6) is 0.453. The van der Waals surface area contributed by atoms with E-state index in [2.05, 4.69) is 11.2 Å². The van der Waals surface area contributed by atoms with Gasteiger partial charge in [-0.3, -0.25) is 14.3 Å². The molecule has 4 rings (SSSR count). The Morgan fingerprint density at radius 2 is 1.89 bits per heavy atom. The number of aryl methyl sites for hydroxylation is 1. The monoisotopic (exact) mass is 371 g/mol. The molecular weight excluding hydrogens is 345 g/mol. The average Bonchev–Trinajstić information content (AvgIpc) is 3.32. The second-order valence-corrected chi connectivity index (χ2v) is 7.72. The highest BCUT2D eigenvalue weighted by molar-refractivity contribution is 5.78. The summed E-state index contributed by atoms with van der Waals surface area (Å²) in [6, 6.07) is 8.35. The van der Waals surface area contributed by atoms with Crippen LogP contribution in [0.1, 0.15) is 49.4 Å². The Bertz CT molecular complexity index is 781. The molecule has 144 valence electrons. The summed E-state index contributed by atoms with van der Waals surface area (Å²) in [4.78, 5) is 18.7. The first-order chi connectivity index (χ1) is 13.1. The first-order valence-corrected chi connectivity index (χ1v) is 9.80.